The fraction of sp³-hybridized carbons (Fsp3) is 0.318. The SMILES string of the molecule is C=N/C(=C\C(=N/COc1ccc2[nH]c(C)cc2c1F)N1CCC(O)C1)Nc1cc(C)[nH]n1. The second-order valence-electron chi connectivity index (χ2n) is 7.72. The molecule has 3 heterocycles. The number of anilines is 1. The predicted molar refractivity (Wildman–Crippen MR) is 123 cm³/mol. The molecule has 9 nitrogen and oxygen atoms in total. The zero-order valence-electron chi connectivity index (χ0n) is 18.0. The van der Waals surface area contributed by atoms with Gasteiger partial charge in [-0.05, 0) is 45.2 Å². The van der Waals surface area contributed by atoms with Gasteiger partial charge in [-0.3, -0.25) is 5.10 Å². The van der Waals surface area contributed by atoms with Gasteiger partial charge >= 0.3 is 0 Å². The number of amidine groups is 1. The number of hydrogen-bond donors (Lipinski definition) is 4. The van der Waals surface area contributed by atoms with Crippen molar-refractivity contribution in [1.29, 1.82) is 0 Å². The maximum atomic E-state index is 14.8. The van der Waals surface area contributed by atoms with E-state index < -0.39 is 11.9 Å². The molecule has 0 aliphatic carbocycles. The van der Waals surface area contributed by atoms with Crippen molar-refractivity contribution in [3.05, 3.63) is 53.4 Å². The summed E-state index contributed by atoms with van der Waals surface area (Å²) < 4.78 is 20.4. The van der Waals surface area contributed by atoms with Crippen LogP contribution in [0.2, 0.25) is 0 Å². The number of hydrogen-bond acceptors (Lipinski definition) is 6. The number of nitrogens with zero attached hydrogens (tertiary/aromatic N) is 4. The Kier molecular flexibility index (Phi) is 6.22. The van der Waals surface area contributed by atoms with E-state index in [-0.39, 0.29) is 12.5 Å². The lowest BCUT2D eigenvalue weighted by Crippen LogP contribution is -2.29. The summed E-state index contributed by atoms with van der Waals surface area (Å²) in [6.07, 6.45) is 1.90. The van der Waals surface area contributed by atoms with Gasteiger partial charge in [0.25, 0.3) is 0 Å². The second-order valence-corrected chi connectivity index (χ2v) is 7.72. The monoisotopic (exact) mass is 439 g/mol. The van der Waals surface area contributed by atoms with E-state index in [2.05, 4.69) is 37.2 Å². The van der Waals surface area contributed by atoms with Crippen LogP contribution < -0.4 is 10.1 Å². The van der Waals surface area contributed by atoms with Crippen LogP contribution in [-0.2, 0) is 0 Å². The van der Waals surface area contributed by atoms with E-state index in [1.54, 1.807) is 24.3 Å². The summed E-state index contributed by atoms with van der Waals surface area (Å²) in [6, 6.07) is 6.93. The zero-order valence-corrected chi connectivity index (χ0v) is 18.0. The number of β-amino-alcohol motifs (C(OH)–C–C–N with tert-alkyl or cyclic N) is 1. The summed E-state index contributed by atoms with van der Waals surface area (Å²) in [5, 5.41) is 20.5. The zero-order chi connectivity index (χ0) is 22.7. The molecule has 1 atom stereocenters. The third-order valence-electron chi connectivity index (χ3n) is 5.17. The Morgan fingerprint density at radius 1 is 1.41 bits per heavy atom. The molecule has 1 aliphatic heterocycles. The summed E-state index contributed by atoms with van der Waals surface area (Å²) in [4.78, 5) is 13.5. The minimum absolute atomic E-state index is 0.101. The number of ether oxygens (including phenoxy) is 1. The first-order chi connectivity index (χ1) is 15.4. The molecule has 1 saturated heterocycles. The number of fused-ring (bicyclic) bond motifs is 1. The van der Waals surface area contributed by atoms with Crippen molar-refractivity contribution in [3.8, 4) is 5.75 Å². The first-order valence-electron chi connectivity index (χ1n) is 10.3. The molecule has 0 amide bonds. The number of aryl methyl sites for hydroxylation is 2. The summed E-state index contributed by atoms with van der Waals surface area (Å²) in [6.45, 7) is 8.33. The lowest BCUT2D eigenvalue weighted by Gasteiger charge is -2.18. The van der Waals surface area contributed by atoms with Gasteiger partial charge in [-0.15, -0.1) is 0 Å². The molecule has 0 bridgehead atoms. The maximum Gasteiger partial charge on any atom is 0.181 e. The molecular weight excluding hydrogens is 413 g/mol. The van der Waals surface area contributed by atoms with Crippen LogP contribution >= 0.6 is 0 Å². The Labute approximate surface area is 184 Å². The number of nitrogens with one attached hydrogen (secondary N) is 3. The Hall–Kier alpha value is -3.66. The Bertz CT molecular complexity index is 1180. The highest BCUT2D eigenvalue weighted by molar-refractivity contribution is 5.94. The summed E-state index contributed by atoms with van der Waals surface area (Å²) in [7, 11) is 0. The van der Waals surface area contributed by atoms with Gasteiger partial charge in [-0.2, -0.15) is 5.10 Å². The van der Waals surface area contributed by atoms with Crippen molar-refractivity contribution >= 4 is 29.3 Å². The van der Waals surface area contributed by atoms with Gasteiger partial charge in [-0.1, -0.05) is 0 Å². The van der Waals surface area contributed by atoms with Gasteiger partial charge in [0.1, 0.15) is 11.7 Å². The molecule has 4 rings (SSSR count). The Balaban J connectivity index is 1.54. The van der Waals surface area contributed by atoms with E-state index in [0.29, 0.717) is 47.9 Å². The number of rotatable bonds is 7. The van der Waals surface area contributed by atoms with Gasteiger partial charge in [0.2, 0.25) is 0 Å². The number of H-pyrrole nitrogens is 2. The second kappa shape index (κ2) is 9.23. The molecular formula is C22H26FN7O2. The van der Waals surface area contributed by atoms with Crippen molar-refractivity contribution < 1.29 is 14.2 Å². The highest BCUT2D eigenvalue weighted by Gasteiger charge is 2.22. The third-order valence-corrected chi connectivity index (χ3v) is 5.17. The number of halogens is 1. The first-order valence-corrected chi connectivity index (χ1v) is 10.3. The first kappa shape index (κ1) is 21.6. The van der Waals surface area contributed by atoms with Gasteiger partial charge in [0.05, 0.1) is 6.10 Å². The smallest absolute Gasteiger partial charge is 0.181 e. The highest BCUT2D eigenvalue weighted by Crippen LogP contribution is 2.27. The van der Waals surface area contributed by atoms with Crippen molar-refractivity contribution in [2.75, 3.05) is 25.1 Å². The van der Waals surface area contributed by atoms with Crippen LogP contribution in [0.4, 0.5) is 10.2 Å². The van der Waals surface area contributed by atoms with E-state index in [1.807, 2.05) is 24.8 Å². The minimum Gasteiger partial charge on any atom is -0.468 e. The van der Waals surface area contributed by atoms with Gasteiger partial charge in [0, 0.05) is 47.5 Å². The highest BCUT2D eigenvalue weighted by atomic mass is 19.1. The third kappa shape index (κ3) is 4.80. The van der Waals surface area contributed by atoms with Crippen LogP contribution in [0.25, 0.3) is 10.9 Å². The summed E-state index contributed by atoms with van der Waals surface area (Å²) >= 11 is 0. The fourth-order valence-electron chi connectivity index (χ4n) is 3.61. The average molecular weight is 439 g/mol. The lowest BCUT2D eigenvalue weighted by molar-refractivity contribution is 0.188. The fourth-order valence-corrected chi connectivity index (χ4v) is 3.61. The van der Waals surface area contributed by atoms with E-state index in [4.69, 9.17) is 4.74 Å². The average Bonchev–Trinajstić information content (AvgIpc) is 3.48. The quantitative estimate of drug-likeness (QED) is 0.334. The summed E-state index contributed by atoms with van der Waals surface area (Å²) in [5.41, 5.74) is 2.49. The van der Waals surface area contributed by atoms with Gasteiger partial charge in [0.15, 0.2) is 24.1 Å². The topological polar surface area (TPSA) is 114 Å². The van der Waals surface area contributed by atoms with Gasteiger partial charge in [-0.25, -0.2) is 14.4 Å². The number of aromatic amines is 2. The largest absolute Gasteiger partial charge is 0.468 e. The molecule has 32 heavy (non-hydrogen) atoms. The van der Waals surface area contributed by atoms with E-state index in [9.17, 15) is 9.50 Å². The standard InChI is InChI=1S/C22H26FN7O2/c1-13-8-16-17(26-13)4-5-18(22(16)23)32-12-25-21(30-7-6-15(31)11-30)10-19(24-3)27-20-9-14(2)28-29-20/h4-5,8-10,15,26,31H,3,6-7,11-12H2,1-2H3,(H2,27,28,29)/b19-10+,25-21+. The molecule has 0 saturated carbocycles. The maximum absolute atomic E-state index is 14.8. The van der Waals surface area contributed by atoms with Crippen LogP contribution in [0.15, 0.2) is 46.1 Å². The Morgan fingerprint density at radius 3 is 2.94 bits per heavy atom. The lowest BCUT2D eigenvalue weighted by atomic mass is 10.2. The van der Waals surface area contributed by atoms with Crippen molar-refractivity contribution in [2.45, 2.75) is 26.4 Å². The molecule has 1 unspecified atom stereocenters. The molecule has 0 radical (unpaired) electrons. The number of aliphatic imine (C=N–C) groups is 2. The molecule has 1 aliphatic rings. The van der Waals surface area contributed by atoms with Crippen LogP contribution in [-0.4, -0.2) is 63.7 Å². The number of likely N-dealkylation sites (tertiary alicyclic amines) is 1. The number of aliphatic hydroxyl groups excluding tert-OH is 1. The Morgan fingerprint density at radius 2 is 2.25 bits per heavy atom. The molecule has 10 heteroatoms. The van der Waals surface area contributed by atoms with E-state index >= 15 is 0 Å². The molecule has 0 spiro atoms. The van der Waals surface area contributed by atoms with E-state index in [0.717, 1.165) is 11.4 Å². The summed E-state index contributed by atoms with van der Waals surface area (Å²) in [5.74, 6) is 1.27. The van der Waals surface area contributed by atoms with Crippen LogP contribution in [0, 0.1) is 19.7 Å². The van der Waals surface area contributed by atoms with Gasteiger partial charge < -0.3 is 25.0 Å². The molecule has 3 aromatic rings. The van der Waals surface area contributed by atoms with Crippen molar-refractivity contribution in [2.24, 2.45) is 9.98 Å². The molecule has 2 aromatic heterocycles. The van der Waals surface area contributed by atoms with Crippen LogP contribution in [0.5, 0.6) is 5.75 Å². The number of aliphatic hydroxyl groups is 1. The molecule has 1 aromatic carbocycles. The number of benzene rings is 1. The molecule has 1 fully saturated rings. The van der Waals surface area contributed by atoms with Crippen LogP contribution in [0.1, 0.15) is 17.8 Å². The normalized spacial score (nSPS) is 17.2. The van der Waals surface area contributed by atoms with Crippen molar-refractivity contribution in [3.63, 3.8) is 0 Å². The predicted octanol–water partition coefficient (Wildman–Crippen LogP) is 3.10. The van der Waals surface area contributed by atoms with E-state index in [1.165, 1.54) is 0 Å². The minimum atomic E-state index is -0.437. The van der Waals surface area contributed by atoms with Crippen molar-refractivity contribution in [1.82, 2.24) is 20.1 Å². The molecule has 4 N–H and O–H groups in total. The number of aromatic nitrogens is 3. The van der Waals surface area contributed by atoms with Crippen LogP contribution in [0.3, 0.4) is 0 Å². The molecule has 168 valence electrons.